The van der Waals surface area contributed by atoms with Crippen molar-refractivity contribution in [3.05, 3.63) is 11.1 Å². The number of rotatable bonds is 15. The maximum atomic E-state index is 11.4. The molecule has 6 N–H and O–H groups in total. The first-order chi connectivity index (χ1) is 17.2. The predicted molar refractivity (Wildman–Crippen MR) is 129 cm³/mol. The van der Waals surface area contributed by atoms with Crippen LogP contribution in [0.15, 0.2) is 0 Å². The third kappa shape index (κ3) is 7.13. The van der Waals surface area contributed by atoms with E-state index in [0.717, 1.165) is 51.4 Å². The number of unbranched alkanes of at least 4 members (excludes halogenated alkanes) is 7. The van der Waals surface area contributed by atoms with Crippen LogP contribution >= 0.6 is 0 Å². The monoisotopic (exact) mass is 516 g/mol. The molecule has 0 aliphatic carbocycles. The van der Waals surface area contributed by atoms with E-state index in [0.29, 0.717) is 17.5 Å². The molecule has 36 heavy (non-hydrogen) atoms. The largest absolute Gasteiger partial charge is 0.504 e. The molecule has 1 aromatic rings. The zero-order valence-electron chi connectivity index (χ0n) is 21.2. The summed E-state index contributed by atoms with van der Waals surface area (Å²) in [4.78, 5) is 11.4. The van der Waals surface area contributed by atoms with Crippen LogP contribution in [0.5, 0.6) is 23.0 Å². The molecule has 0 aromatic heterocycles. The zero-order chi connectivity index (χ0) is 26.8. The molecule has 11 nitrogen and oxygen atoms in total. The molecule has 2 rings (SSSR count). The number of aliphatic hydroxyl groups excluding tert-OH is 4. The number of carbonyl (C=O) groups is 1. The molecule has 0 spiro atoms. The molecule has 0 amide bonds. The minimum Gasteiger partial charge on any atom is -0.504 e. The number of aromatic hydroxyl groups is 1. The third-order valence-electron chi connectivity index (χ3n) is 6.50. The van der Waals surface area contributed by atoms with Gasteiger partial charge < -0.3 is 49.6 Å². The van der Waals surface area contributed by atoms with Crippen LogP contribution in [0.4, 0.5) is 0 Å². The minimum absolute atomic E-state index is 0.0117. The second-order valence-corrected chi connectivity index (χ2v) is 9.00. The second kappa shape index (κ2) is 14.4. The Morgan fingerprint density at radius 2 is 1.39 bits per heavy atom. The number of aliphatic carboxylic acids is 1. The van der Waals surface area contributed by atoms with Gasteiger partial charge in [-0.25, -0.2) is 4.79 Å². The van der Waals surface area contributed by atoms with Crippen LogP contribution in [0.2, 0.25) is 0 Å². The smallest absolute Gasteiger partial charge is 0.335 e. The summed E-state index contributed by atoms with van der Waals surface area (Å²) >= 11 is 0. The molecular formula is C25H40O11. The molecule has 0 bridgehead atoms. The maximum absolute atomic E-state index is 11.4. The molecule has 1 saturated heterocycles. The highest BCUT2D eigenvalue weighted by Crippen LogP contribution is 2.50. The van der Waals surface area contributed by atoms with Crippen molar-refractivity contribution in [2.75, 3.05) is 20.8 Å². The van der Waals surface area contributed by atoms with Crippen LogP contribution in [0.3, 0.4) is 0 Å². The Bertz CT molecular complexity index is 844. The Balaban J connectivity index is 2.19. The Kier molecular flexibility index (Phi) is 12.0. The zero-order valence-corrected chi connectivity index (χ0v) is 21.2. The first kappa shape index (κ1) is 29.9. The van der Waals surface area contributed by atoms with Gasteiger partial charge in [0.05, 0.1) is 14.2 Å². The topological polar surface area (TPSA) is 175 Å². The van der Waals surface area contributed by atoms with Gasteiger partial charge in [-0.1, -0.05) is 38.5 Å². The van der Waals surface area contributed by atoms with Crippen LogP contribution in [0.1, 0.15) is 62.5 Å². The van der Waals surface area contributed by atoms with Gasteiger partial charge in [0.15, 0.2) is 17.6 Å². The minimum atomic E-state index is -1.85. The molecule has 1 fully saturated rings. The van der Waals surface area contributed by atoms with Crippen LogP contribution < -0.4 is 14.2 Å². The number of aliphatic hydroxyl groups is 4. The lowest BCUT2D eigenvalue weighted by Crippen LogP contribution is -2.61. The van der Waals surface area contributed by atoms with Gasteiger partial charge in [0.2, 0.25) is 17.8 Å². The Morgan fingerprint density at radius 3 is 1.92 bits per heavy atom. The van der Waals surface area contributed by atoms with Gasteiger partial charge in [-0.05, 0) is 26.2 Å². The Labute approximate surface area is 211 Å². The van der Waals surface area contributed by atoms with Crippen molar-refractivity contribution < 1.29 is 54.4 Å². The predicted octanol–water partition coefficient (Wildman–Crippen LogP) is 1.64. The van der Waals surface area contributed by atoms with Crippen LogP contribution in [-0.4, -0.2) is 88.1 Å². The van der Waals surface area contributed by atoms with E-state index in [-0.39, 0.29) is 29.6 Å². The normalized spacial score (nSPS) is 23.9. The summed E-state index contributed by atoms with van der Waals surface area (Å²) < 4.78 is 21.8. The molecule has 0 radical (unpaired) electrons. The van der Waals surface area contributed by atoms with Gasteiger partial charge in [-0.2, -0.15) is 0 Å². The Hall–Kier alpha value is -2.31. The number of benzene rings is 1. The van der Waals surface area contributed by atoms with Crippen LogP contribution in [0.25, 0.3) is 0 Å². The summed E-state index contributed by atoms with van der Waals surface area (Å²) in [5.74, 6) is -1.54. The summed E-state index contributed by atoms with van der Waals surface area (Å²) in [5.41, 5.74) is 1.03. The van der Waals surface area contributed by atoms with Crippen molar-refractivity contribution in [3.63, 3.8) is 0 Å². The van der Waals surface area contributed by atoms with Crippen LogP contribution in [-0.2, 0) is 16.0 Å². The lowest BCUT2D eigenvalue weighted by Gasteiger charge is -2.39. The fourth-order valence-electron chi connectivity index (χ4n) is 4.39. The van der Waals surface area contributed by atoms with E-state index in [1.54, 1.807) is 6.92 Å². The molecule has 5 atom stereocenters. The lowest BCUT2D eigenvalue weighted by molar-refractivity contribution is -0.271. The van der Waals surface area contributed by atoms with E-state index < -0.39 is 36.7 Å². The standard InChI is InChI=1S/C25H40O11/c1-14-15(12-10-8-6-4-5-7-9-11-13-26)16(27)21(33-2)23(34-3)20(14)35-25-19(30)17(28)18(29)22(36-25)24(31)32/h17-19,22,25-30H,4-13H2,1-3H3,(H,31,32). The van der Waals surface area contributed by atoms with Crippen LogP contribution in [0, 0.1) is 6.92 Å². The van der Waals surface area contributed by atoms with Crippen molar-refractivity contribution in [2.45, 2.75) is 95.4 Å². The summed E-state index contributed by atoms with van der Waals surface area (Å²) in [6, 6.07) is 0. The summed E-state index contributed by atoms with van der Waals surface area (Å²) in [6.07, 6.45) is -0.437. The first-order valence-electron chi connectivity index (χ1n) is 12.4. The first-order valence-corrected chi connectivity index (χ1v) is 12.4. The van der Waals surface area contributed by atoms with Gasteiger partial charge >= 0.3 is 5.97 Å². The number of ether oxygens (including phenoxy) is 4. The van der Waals surface area contributed by atoms with Crippen molar-refractivity contribution in [2.24, 2.45) is 0 Å². The quantitative estimate of drug-likeness (QED) is 0.187. The summed E-state index contributed by atoms with van der Waals surface area (Å²) in [6.45, 7) is 1.91. The van der Waals surface area contributed by atoms with Gasteiger partial charge in [0.1, 0.15) is 18.3 Å². The lowest BCUT2D eigenvalue weighted by atomic mass is 9.97. The fourth-order valence-corrected chi connectivity index (χ4v) is 4.39. The SMILES string of the molecule is COc1c(O)c(CCCCCCCCCCO)c(C)c(OC2OC(C(=O)O)C(O)C(O)C2O)c1OC. The molecule has 206 valence electrons. The molecule has 0 saturated carbocycles. The number of phenolic OH excluding ortho intramolecular Hbond substituents is 1. The number of phenols is 1. The summed E-state index contributed by atoms with van der Waals surface area (Å²) in [7, 11) is 2.68. The van der Waals surface area contributed by atoms with Crippen molar-refractivity contribution >= 4 is 5.97 Å². The number of carboxylic acid groups (broad SMARTS) is 1. The van der Waals surface area contributed by atoms with Gasteiger partial charge in [-0.3, -0.25) is 0 Å². The van der Waals surface area contributed by atoms with E-state index in [4.69, 9.17) is 24.1 Å². The average Bonchev–Trinajstić information content (AvgIpc) is 2.85. The van der Waals surface area contributed by atoms with Gasteiger partial charge in [-0.15, -0.1) is 0 Å². The van der Waals surface area contributed by atoms with Crippen molar-refractivity contribution in [1.82, 2.24) is 0 Å². The number of methoxy groups -OCH3 is 2. The number of carboxylic acids is 1. The number of hydrogen-bond acceptors (Lipinski definition) is 10. The second-order valence-electron chi connectivity index (χ2n) is 9.00. The molecular weight excluding hydrogens is 476 g/mol. The fraction of sp³-hybridized carbons (Fsp3) is 0.720. The maximum Gasteiger partial charge on any atom is 0.335 e. The highest BCUT2D eigenvalue weighted by Gasteiger charge is 2.48. The molecule has 5 unspecified atom stereocenters. The molecule has 1 aliphatic heterocycles. The van der Waals surface area contributed by atoms with E-state index in [2.05, 4.69) is 0 Å². The van der Waals surface area contributed by atoms with Crippen molar-refractivity contribution in [3.8, 4) is 23.0 Å². The van der Waals surface area contributed by atoms with E-state index in [1.807, 2.05) is 0 Å². The average molecular weight is 517 g/mol. The number of hydrogen-bond donors (Lipinski definition) is 6. The highest BCUT2D eigenvalue weighted by atomic mass is 16.7. The molecule has 1 aromatic carbocycles. The van der Waals surface area contributed by atoms with E-state index >= 15 is 0 Å². The molecule has 11 heteroatoms. The van der Waals surface area contributed by atoms with Gasteiger partial charge in [0, 0.05) is 17.7 Å². The summed E-state index contributed by atoms with van der Waals surface area (Å²) in [5, 5.41) is 59.4. The van der Waals surface area contributed by atoms with E-state index in [1.165, 1.54) is 14.2 Å². The Morgan fingerprint density at radius 1 is 0.833 bits per heavy atom. The third-order valence-corrected chi connectivity index (χ3v) is 6.50. The molecule has 1 heterocycles. The van der Waals surface area contributed by atoms with Gasteiger partial charge in [0.25, 0.3) is 0 Å². The van der Waals surface area contributed by atoms with E-state index in [9.17, 15) is 30.3 Å². The highest BCUT2D eigenvalue weighted by molar-refractivity contribution is 5.73. The van der Waals surface area contributed by atoms with Crippen molar-refractivity contribution in [1.29, 1.82) is 0 Å². The molecule has 1 aliphatic rings.